The monoisotopic (exact) mass is 236 g/mol. The van der Waals surface area contributed by atoms with Gasteiger partial charge in [0.1, 0.15) is 0 Å². The summed E-state index contributed by atoms with van der Waals surface area (Å²) < 4.78 is 0. The lowest BCUT2D eigenvalue weighted by atomic mass is 10.4. The van der Waals surface area contributed by atoms with Crippen LogP contribution in [0.1, 0.15) is 13.3 Å². The quantitative estimate of drug-likeness (QED) is 0.698. The van der Waals surface area contributed by atoms with Crippen LogP contribution in [0, 0.1) is 0 Å². The van der Waals surface area contributed by atoms with E-state index in [4.69, 9.17) is 0 Å². The molecular weight excluding hydrogens is 212 g/mol. The minimum absolute atomic E-state index is 1.03. The van der Waals surface area contributed by atoms with Gasteiger partial charge in [0.05, 0.1) is 7.59 Å². The van der Waals surface area contributed by atoms with Crippen LogP contribution in [0.3, 0.4) is 0 Å². The summed E-state index contributed by atoms with van der Waals surface area (Å²) in [5, 5.41) is 1.65. The van der Waals surface area contributed by atoms with Gasteiger partial charge in [-0.25, -0.2) is 0 Å². The zero-order chi connectivity index (χ0) is 11.5. The lowest BCUT2D eigenvalue weighted by Gasteiger charge is -2.38. The maximum atomic E-state index is 2.58. The van der Waals surface area contributed by atoms with Gasteiger partial charge in [-0.05, 0) is 0 Å². The molecule has 0 unspecified atom stereocenters. The Hall–Kier alpha value is -0.346. The van der Waals surface area contributed by atoms with E-state index >= 15 is 0 Å². The first-order valence-electron chi connectivity index (χ1n) is 5.97. The van der Waals surface area contributed by atoms with Crippen molar-refractivity contribution in [2.45, 2.75) is 45.6 Å². The summed E-state index contributed by atoms with van der Waals surface area (Å²) in [4.78, 5) is 0. The summed E-state index contributed by atoms with van der Waals surface area (Å²) >= 11 is 0. The van der Waals surface area contributed by atoms with E-state index in [2.05, 4.69) is 63.4 Å². The van der Waals surface area contributed by atoms with E-state index in [1.54, 1.807) is 5.19 Å². The van der Waals surface area contributed by atoms with Crippen molar-refractivity contribution < 1.29 is 0 Å². The second-order valence-electron chi connectivity index (χ2n) is 5.62. The Morgan fingerprint density at radius 2 is 1.47 bits per heavy atom. The highest BCUT2D eigenvalue weighted by atomic mass is 29.3. The van der Waals surface area contributed by atoms with Crippen LogP contribution >= 0.6 is 0 Å². The molecule has 2 heteroatoms. The van der Waals surface area contributed by atoms with Crippen molar-refractivity contribution in [2.24, 2.45) is 0 Å². The normalized spacial score (nSPS) is 12.9. The molecule has 0 saturated heterocycles. The first kappa shape index (κ1) is 12.7. The van der Waals surface area contributed by atoms with Gasteiger partial charge in [0.2, 0.25) is 0 Å². The Kier molecular flexibility index (Phi) is 3.95. The van der Waals surface area contributed by atoms with Gasteiger partial charge in [-0.1, -0.05) is 81.1 Å². The maximum Gasteiger partial charge on any atom is 0.0738 e. The fourth-order valence-electron chi connectivity index (χ4n) is 2.18. The minimum atomic E-state index is -1.19. The van der Waals surface area contributed by atoms with Gasteiger partial charge in [-0.15, -0.1) is 0 Å². The van der Waals surface area contributed by atoms with E-state index in [0.29, 0.717) is 0 Å². The summed E-state index contributed by atoms with van der Waals surface area (Å²) in [6, 6.07) is 12.7. The molecule has 15 heavy (non-hydrogen) atoms. The molecule has 1 aromatic rings. The van der Waals surface area contributed by atoms with Crippen LogP contribution in [0.5, 0.6) is 0 Å². The molecule has 0 aliphatic heterocycles. The fraction of sp³-hybridized carbons (Fsp3) is 0.538. The molecule has 0 nitrogen and oxygen atoms in total. The van der Waals surface area contributed by atoms with Crippen LogP contribution in [0.4, 0.5) is 0 Å². The highest BCUT2D eigenvalue weighted by Gasteiger charge is 2.40. The van der Waals surface area contributed by atoms with Gasteiger partial charge >= 0.3 is 0 Å². The third-order valence-electron chi connectivity index (χ3n) is 4.06. The summed E-state index contributed by atoms with van der Waals surface area (Å²) in [5.74, 6) is 0. The van der Waals surface area contributed by atoms with Crippen molar-refractivity contribution in [3.8, 4) is 0 Å². The average molecular weight is 237 g/mol. The lowest BCUT2D eigenvalue weighted by Crippen LogP contribution is -2.62. The van der Waals surface area contributed by atoms with Gasteiger partial charge in [0.25, 0.3) is 0 Å². The van der Waals surface area contributed by atoms with E-state index < -0.39 is 15.2 Å². The van der Waals surface area contributed by atoms with Gasteiger partial charge in [0.15, 0.2) is 0 Å². The third-order valence-corrected chi connectivity index (χ3v) is 22.7. The van der Waals surface area contributed by atoms with Crippen LogP contribution in [0.25, 0.3) is 0 Å². The Morgan fingerprint density at radius 1 is 0.933 bits per heavy atom. The number of benzene rings is 1. The molecule has 0 spiro atoms. The minimum Gasteiger partial charge on any atom is -0.0710 e. The number of hydrogen-bond donors (Lipinski definition) is 0. The van der Waals surface area contributed by atoms with Gasteiger partial charge in [-0.3, -0.25) is 0 Å². The van der Waals surface area contributed by atoms with Gasteiger partial charge in [0, 0.05) is 7.59 Å². The molecule has 0 saturated carbocycles. The fourth-order valence-corrected chi connectivity index (χ4v) is 11.3. The summed E-state index contributed by atoms with van der Waals surface area (Å²) in [6.45, 7) is 12.6. The second-order valence-corrected chi connectivity index (χ2v) is 21.5. The van der Waals surface area contributed by atoms with E-state index in [9.17, 15) is 0 Å². The molecule has 0 radical (unpaired) electrons. The summed E-state index contributed by atoms with van der Waals surface area (Å²) in [7, 11) is -2.22. The van der Waals surface area contributed by atoms with Crippen LogP contribution < -0.4 is 5.19 Å². The van der Waals surface area contributed by atoms with Gasteiger partial charge in [-0.2, -0.15) is 0 Å². The molecule has 0 fully saturated rings. The first-order chi connectivity index (χ1) is 6.92. The van der Waals surface area contributed by atoms with Crippen LogP contribution in [0.2, 0.25) is 32.2 Å². The molecular formula is C13H24Si2. The van der Waals surface area contributed by atoms with E-state index in [1.165, 1.54) is 12.5 Å². The largest absolute Gasteiger partial charge is 0.0738 e. The van der Waals surface area contributed by atoms with Crippen molar-refractivity contribution in [1.29, 1.82) is 0 Å². The van der Waals surface area contributed by atoms with Crippen molar-refractivity contribution >= 4 is 20.4 Å². The Balaban J connectivity index is 3.01. The molecule has 0 N–H and O–H groups in total. The van der Waals surface area contributed by atoms with Crippen LogP contribution in [-0.2, 0) is 0 Å². The summed E-state index contributed by atoms with van der Waals surface area (Å²) in [6.07, 6.45) is 1.35. The zero-order valence-corrected chi connectivity index (χ0v) is 12.8. The average Bonchev–Trinajstić information content (AvgIpc) is 2.19. The van der Waals surface area contributed by atoms with Crippen molar-refractivity contribution in [3.63, 3.8) is 0 Å². The smallest absolute Gasteiger partial charge is 0.0710 e. The van der Waals surface area contributed by atoms with E-state index in [-0.39, 0.29) is 0 Å². The molecule has 0 atom stereocenters. The third kappa shape index (κ3) is 2.61. The number of hydrogen-bond acceptors (Lipinski definition) is 0. The van der Waals surface area contributed by atoms with Crippen molar-refractivity contribution in [2.75, 3.05) is 0 Å². The highest BCUT2D eigenvalue weighted by molar-refractivity contribution is 7.45. The molecule has 1 rings (SSSR count). The maximum absolute atomic E-state index is 2.58. The van der Waals surface area contributed by atoms with Crippen molar-refractivity contribution in [1.82, 2.24) is 0 Å². The lowest BCUT2D eigenvalue weighted by molar-refractivity contribution is 1.06. The molecule has 0 aliphatic carbocycles. The molecule has 0 aromatic heterocycles. The molecule has 1 aromatic carbocycles. The topological polar surface area (TPSA) is 0 Å². The second kappa shape index (κ2) is 4.66. The molecule has 0 heterocycles. The predicted octanol–water partition coefficient (Wildman–Crippen LogP) is 3.80. The Labute approximate surface area is 96.5 Å². The van der Waals surface area contributed by atoms with E-state index in [1.807, 2.05) is 0 Å². The SMILES string of the molecule is CCC[Si](C)(C)[Si](C)(C)c1ccccc1. The van der Waals surface area contributed by atoms with Crippen molar-refractivity contribution in [3.05, 3.63) is 30.3 Å². The molecule has 0 amide bonds. The number of rotatable bonds is 4. The molecule has 0 aliphatic rings. The first-order valence-corrected chi connectivity index (χ1v) is 13.2. The van der Waals surface area contributed by atoms with Gasteiger partial charge < -0.3 is 0 Å². The Bertz CT molecular complexity index is 302. The standard InChI is InChI=1S/C13H24Si2/c1-6-12-14(2,3)15(4,5)13-10-8-7-9-11-13/h7-11H,6,12H2,1-5H3. The zero-order valence-electron chi connectivity index (χ0n) is 10.8. The van der Waals surface area contributed by atoms with E-state index in [0.717, 1.165) is 0 Å². The van der Waals surface area contributed by atoms with Crippen LogP contribution in [0.15, 0.2) is 30.3 Å². The Morgan fingerprint density at radius 3 is 1.93 bits per heavy atom. The predicted molar refractivity (Wildman–Crippen MR) is 76.1 cm³/mol. The summed E-state index contributed by atoms with van der Waals surface area (Å²) in [5.41, 5.74) is 0. The molecule has 84 valence electrons. The van der Waals surface area contributed by atoms with Crippen LogP contribution in [-0.4, -0.2) is 15.2 Å². The highest BCUT2D eigenvalue weighted by Crippen LogP contribution is 2.24. The molecule has 0 bridgehead atoms.